The highest BCUT2D eigenvalue weighted by Gasteiger charge is 2.08. The number of halogens is 2. The number of aromatic nitrogens is 3. The Bertz CT molecular complexity index is 471. The van der Waals surface area contributed by atoms with Crippen molar-refractivity contribution in [2.75, 3.05) is 0 Å². The van der Waals surface area contributed by atoms with Crippen LogP contribution in [0.5, 0.6) is 0 Å². The molecule has 0 aliphatic heterocycles. The first-order chi connectivity index (χ1) is 6.68. The summed E-state index contributed by atoms with van der Waals surface area (Å²) < 4.78 is 12.8. The lowest BCUT2D eigenvalue weighted by atomic mass is 10.3. The van der Waals surface area contributed by atoms with Gasteiger partial charge in [0.2, 0.25) is 6.20 Å². The summed E-state index contributed by atoms with van der Waals surface area (Å²) in [4.78, 5) is 1.58. The highest BCUT2D eigenvalue weighted by Crippen LogP contribution is 2.17. The Hall–Kier alpha value is -1.62. The van der Waals surface area contributed by atoms with Crippen molar-refractivity contribution in [2.45, 2.75) is 0 Å². The Labute approximate surface area is 83.7 Å². The van der Waals surface area contributed by atoms with Crippen LogP contribution in [0, 0.1) is 11.0 Å². The van der Waals surface area contributed by atoms with Gasteiger partial charge in [0.05, 0.1) is 5.02 Å². The molecule has 0 fully saturated rings. The summed E-state index contributed by atoms with van der Waals surface area (Å²) in [5.41, 5.74) is 0.413. The lowest BCUT2D eigenvalue weighted by molar-refractivity contribution is -0.688. The summed E-state index contributed by atoms with van der Waals surface area (Å²) in [5.74, 6) is -0.528. The summed E-state index contributed by atoms with van der Waals surface area (Å²) in [6.07, 6.45) is 2.57. The predicted molar refractivity (Wildman–Crippen MR) is 47.5 cm³/mol. The summed E-state index contributed by atoms with van der Waals surface area (Å²) >= 11 is 5.56. The summed E-state index contributed by atoms with van der Waals surface area (Å²) in [6.45, 7) is 0. The van der Waals surface area contributed by atoms with Crippen LogP contribution >= 0.6 is 11.6 Å². The smallest absolute Gasteiger partial charge is 0.207 e. The van der Waals surface area contributed by atoms with E-state index in [9.17, 15) is 9.60 Å². The zero-order valence-corrected chi connectivity index (χ0v) is 7.65. The topological polar surface area (TPSA) is 44.8 Å². The molecule has 0 unspecified atom stereocenters. The van der Waals surface area contributed by atoms with Gasteiger partial charge in [-0.15, -0.1) is 0 Å². The highest BCUT2D eigenvalue weighted by atomic mass is 35.5. The third-order valence-electron chi connectivity index (χ3n) is 1.69. The molecule has 14 heavy (non-hydrogen) atoms. The molecule has 0 bridgehead atoms. The Morgan fingerprint density at radius 1 is 1.50 bits per heavy atom. The van der Waals surface area contributed by atoms with Crippen LogP contribution in [0.2, 0.25) is 5.02 Å². The second-order valence-electron chi connectivity index (χ2n) is 2.60. The van der Waals surface area contributed by atoms with Crippen molar-refractivity contribution in [2.24, 2.45) is 0 Å². The van der Waals surface area contributed by atoms with Crippen molar-refractivity contribution < 1.29 is 9.24 Å². The summed E-state index contributed by atoms with van der Waals surface area (Å²) in [7, 11) is 0. The summed E-state index contributed by atoms with van der Waals surface area (Å²) in [5, 5.41) is 14.8. The standard InChI is InChI=1S/C8H5ClFN3O/c9-7-5-6(1-2-8(7)10)13-11-3-4-12(13)14/h1-5H. The van der Waals surface area contributed by atoms with Crippen molar-refractivity contribution in [1.82, 2.24) is 9.90 Å². The van der Waals surface area contributed by atoms with Gasteiger partial charge in [0.1, 0.15) is 11.5 Å². The average molecular weight is 214 g/mol. The van der Waals surface area contributed by atoms with E-state index in [1.807, 2.05) is 0 Å². The number of hydrogen-bond acceptors (Lipinski definition) is 2. The lowest BCUT2D eigenvalue weighted by Crippen LogP contribution is -2.36. The zero-order valence-electron chi connectivity index (χ0n) is 6.89. The maximum Gasteiger partial charge on any atom is 0.207 e. The first-order valence-corrected chi connectivity index (χ1v) is 4.15. The second kappa shape index (κ2) is 3.26. The molecule has 0 atom stereocenters. The number of hydrogen-bond donors (Lipinski definition) is 0. The normalized spacial score (nSPS) is 10.4. The van der Waals surface area contributed by atoms with Crippen LogP contribution < -0.4 is 4.85 Å². The Morgan fingerprint density at radius 3 is 2.86 bits per heavy atom. The quantitative estimate of drug-likeness (QED) is 0.530. The third kappa shape index (κ3) is 1.42. The molecule has 6 heteroatoms. The third-order valence-corrected chi connectivity index (χ3v) is 1.98. The van der Waals surface area contributed by atoms with E-state index in [-0.39, 0.29) is 5.02 Å². The van der Waals surface area contributed by atoms with Crippen molar-refractivity contribution in [3.05, 3.63) is 46.6 Å². The first kappa shape index (κ1) is 8.96. The van der Waals surface area contributed by atoms with E-state index >= 15 is 0 Å². The molecule has 2 aromatic rings. The van der Waals surface area contributed by atoms with Gasteiger partial charge in [0.25, 0.3) is 0 Å². The van der Waals surface area contributed by atoms with Crippen LogP contribution in [0.4, 0.5) is 4.39 Å². The van der Waals surface area contributed by atoms with Crippen LogP contribution in [0.3, 0.4) is 0 Å². The van der Waals surface area contributed by atoms with Crippen LogP contribution in [0.1, 0.15) is 0 Å². The van der Waals surface area contributed by atoms with Gasteiger partial charge >= 0.3 is 0 Å². The largest absolute Gasteiger partial charge is 0.692 e. The molecular formula is C8H5ClFN3O. The molecule has 1 heterocycles. The van der Waals surface area contributed by atoms with Gasteiger partial charge in [-0.25, -0.2) is 4.39 Å². The molecule has 0 saturated heterocycles. The van der Waals surface area contributed by atoms with Crippen LogP contribution in [0.15, 0.2) is 30.6 Å². The molecule has 72 valence electrons. The fraction of sp³-hybridized carbons (Fsp3) is 0. The molecule has 0 N–H and O–H groups in total. The van der Waals surface area contributed by atoms with Gasteiger partial charge in [-0.05, 0) is 23.0 Å². The zero-order chi connectivity index (χ0) is 10.1. The molecule has 0 aliphatic rings. The van der Waals surface area contributed by atoms with Gasteiger partial charge in [0, 0.05) is 5.10 Å². The fourth-order valence-electron chi connectivity index (χ4n) is 1.05. The molecule has 0 amide bonds. The van der Waals surface area contributed by atoms with Crippen molar-refractivity contribution in [1.29, 1.82) is 0 Å². The van der Waals surface area contributed by atoms with E-state index in [2.05, 4.69) is 5.10 Å². The van der Waals surface area contributed by atoms with Crippen molar-refractivity contribution in [3.8, 4) is 5.69 Å². The molecule has 0 radical (unpaired) electrons. The van der Waals surface area contributed by atoms with E-state index in [1.54, 1.807) is 0 Å². The van der Waals surface area contributed by atoms with Gasteiger partial charge in [0.15, 0.2) is 6.20 Å². The van der Waals surface area contributed by atoms with Gasteiger partial charge in [-0.3, -0.25) is 0 Å². The molecule has 1 aromatic heterocycles. The SMILES string of the molecule is [O-][n+]1ccnn1-c1ccc(F)c(Cl)c1. The van der Waals surface area contributed by atoms with Gasteiger partial charge in [-0.2, -0.15) is 4.85 Å². The molecular weight excluding hydrogens is 209 g/mol. The predicted octanol–water partition coefficient (Wildman–Crippen LogP) is 1.30. The number of benzene rings is 1. The Balaban J connectivity index is 2.53. The minimum atomic E-state index is -0.528. The number of nitrogens with zero attached hydrogens (tertiary/aromatic N) is 3. The number of rotatable bonds is 1. The minimum absolute atomic E-state index is 0.0435. The van der Waals surface area contributed by atoms with E-state index in [0.717, 1.165) is 4.80 Å². The van der Waals surface area contributed by atoms with E-state index in [0.29, 0.717) is 10.5 Å². The molecule has 0 spiro atoms. The molecule has 2 rings (SSSR count). The molecule has 0 saturated carbocycles. The Kier molecular flexibility index (Phi) is 2.09. The second-order valence-corrected chi connectivity index (χ2v) is 3.01. The maximum absolute atomic E-state index is 12.8. The van der Waals surface area contributed by atoms with E-state index in [4.69, 9.17) is 11.6 Å². The monoisotopic (exact) mass is 213 g/mol. The maximum atomic E-state index is 12.8. The highest BCUT2D eigenvalue weighted by molar-refractivity contribution is 6.30. The fourth-order valence-corrected chi connectivity index (χ4v) is 1.23. The van der Waals surface area contributed by atoms with Gasteiger partial charge in [-0.1, -0.05) is 11.6 Å². The average Bonchev–Trinajstić information content (AvgIpc) is 2.57. The Morgan fingerprint density at radius 2 is 2.29 bits per heavy atom. The van der Waals surface area contributed by atoms with E-state index in [1.165, 1.54) is 30.6 Å². The van der Waals surface area contributed by atoms with Crippen LogP contribution in [-0.2, 0) is 0 Å². The summed E-state index contributed by atoms with van der Waals surface area (Å²) in [6, 6.07) is 3.93. The van der Waals surface area contributed by atoms with Crippen LogP contribution in [0.25, 0.3) is 5.69 Å². The van der Waals surface area contributed by atoms with Crippen molar-refractivity contribution in [3.63, 3.8) is 0 Å². The first-order valence-electron chi connectivity index (χ1n) is 3.77. The lowest BCUT2D eigenvalue weighted by Gasteiger charge is -2.03. The molecule has 4 nitrogen and oxygen atoms in total. The van der Waals surface area contributed by atoms with Crippen molar-refractivity contribution >= 4 is 11.6 Å². The van der Waals surface area contributed by atoms with Gasteiger partial charge < -0.3 is 5.21 Å². The molecule has 1 aromatic carbocycles. The molecule has 0 aliphatic carbocycles. The minimum Gasteiger partial charge on any atom is -0.692 e. The van der Waals surface area contributed by atoms with E-state index < -0.39 is 5.82 Å². The van der Waals surface area contributed by atoms with Crippen LogP contribution in [-0.4, -0.2) is 9.90 Å².